The molecule has 18 heavy (non-hydrogen) atoms. The molecule has 5 heteroatoms. The number of ether oxygens (including phenoxy) is 1. The number of rotatable bonds is 6. The molecule has 3 N–H and O–H groups in total. The summed E-state index contributed by atoms with van der Waals surface area (Å²) in [6.07, 6.45) is 1.52. The average molecular weight is 251 g/mol. The lowest BCUT2D eigenvalue weighted by atomic mass is 10.2. The molecule has 0 heterocycles. The summed E-state index contributed by atoms with van der Waals surface area (Å²) >= 11 is 0. The topological polar surface area (TPSA) is 78.8 Å². The summed E-state index contributed by atoms with van der Waals surface area (Å²) in [6, 6.07) is 9.36. The minimum Gasteiger partial charge on any atom is -0.445 e. The molecule has 1 amide bonds. The number of hydrogen-bond donors (Lipinski definition) is 3. The molecule has 0 fully saturated rings. The SMILES string of the molecule is O=C(NC/C=C/C(O)CO)OCc1ccccc1. The molecule has 1 rings (SSSR count). The molecular weight excluding hydrogens is 234 g/mol. The van der Waals surface area contributed by atoms with E-state index >= 15 is 0 Å². The Hall–Kier alpha value is -1.85. The minimum absolute atomic E-state index is 0.218. The Morgan fingerprint density at radius 3 is 2.78 bits per heavy atom. The Labute approximate surface area is 106 Å². The van der Waals surface area contributed by atoms with Gasteiger partial charge in [0.25, 0.3) is 0 Å². The summed E-state index contributed by atoms with van der Waals surface area (Å²) in [5.74, 6) is 0. The van der Waals surface area contributed by atoms with Crippen LogP contribution < -0.4 is 5.32 Å². The summed E-state index contributed by atoms with van der Waals surface area (Å²) in [4.78, 5) is 11.3. The predicted molar refractivity (Wildman–Crippen MR) is 66.9 cm³/mol. The second-order valence-corrected chi connectivity index (χ2v) is 3.62. The smallest absolute Gasteiger partial charge is 0.407 e. The molecule has 98 valence electrons. The highest BCUT2D eigenvalue weighted by molar-refractivity contribution is 5.67. The van der Waals surface area contributed by atoms with E-state index in [4.69, 9.17) is 14.9 Å². The van der Waals surface area contributed by atoms with E-state index in [0.717, 1.165) is 5.56 Å². The van der Waals surface area contributed by atoms with Crippen LogP contribution in [0.3, 0.4) is 0 Å². The largest absolute Gasteiger partial charge is 0.445 e. The van der Waals surface area contributed by atoms with Crippen LogP contribution in [0.4, 0.5) is 4.79 Å². The molecule has 0 saturated heterocycles. The van der Waals surface area contributed by atoms with Crippen molar-refractivity contribution in [2.75, 3.05) is 13.2 Å². The molecule has 1 unspecified atom stereocenters. The van der Waals surface area contributed by atoms with Gasteiger partial charge in [-0.15, -0.1) is 0 Å². The molecule has 0 aliphatic rings. The fourth-order valence-electron chi connectivity index (χ4n) is 1.20. The van der Waals surface area contributed by atoms with E-state index < -0.39 is 12.2 Å². The number of benzene rings is 1. The van der Waals surface area contributed by atoms with Gasteiger partial charge in [-0.2, -0.15) is 0 Å². The standard InChI is InChI=1S/C13H17NO4/c15-9-12(16)7-4-8-14-13(17)18-10-11-5-2-1-3-6-11/h1-7,12,15-16H,8-10H2,(H,14,17)/b7-4+. The summed E-state index contributed by atoms with van der Waals surface area (Å²) in [5.41, 5.74) is 0.916. The zero-order chi connectivity index (χ0) is 13.2. The number of aliphatic hydroxyl groups is 2. The average Bonchev–Trinajstić information content (AvgIpc) is 2.42. The van der Waals surface area contributed by atoms with Gasteiger partial charge in [0.1, 0.15) is 6.61 Å². The van der Waals surface area contributed by atoms with Crippen LogP contribution in [0.15, 0.2) is 42.5 Å². The summed E-state index contributed by atoms with van der Waals surface area (Å²) in [5, 5.41) is 20.0. The normalized spacial score (nSPS) is 12.3. The number of aliphatic hydroxyl groups excluding tert-OH is 2. The third-order valence-corrected chi connectivity index (χ3v) is 2.12. The molecule has 1 aromatic carbocycles. The van der Waals surface area contributed by atoms with Gasteiger partial charge < -0.3 is 20.3 Å². The second-order valence-electron chi connectivity index (χ2n) is 3.62. The number of alkyl carbamates (subject to hydrolysis) is 1. The Balaban J connectivity index is 2.17. The van der Waals surface area contributed by atoms with Gasteiger partial charge in [0.15, 0.2) is 0 Å². The number of hydrogen-bond acceptors (Lipinski definition) is 4. The van der Waals surface area contributed by atoms with Crippen LogP contribution in [0.1, 0.15) is 5.56 Å². The first-order valence-corrected chi connectivity index (χ1v) is 5.62. The molecule has 0 aliphatic carbocycles. The van der Waals surface area contributed by atoms with Crippen molar-refractivity contribution in [3.63, 3.8) is 0 Å². The highest BCUT2D eigenvalue weighted by atomic mass is 16.5. The molecule has 1 aromatic rings. The molecule has 0 bridgehead atoms. The lowest BCUT2D eigenvalue weighted by Gasteiger charge is -2.05. The van der Waals surface area contributed by atoms with Crippen molar-refractivity contribution in [1.29, 1.82) is 0 Å². The van der Waals surface area contributed by atoms with Crippen molar-refractivity contribution in [3.05, 3.63) is 48.0 Å². The molecular formula is C13H17NO4. The highest BCUT2D eigenvalue weighted by Crippen LogP contribution is 2.00. The van der Waals surface area contributed by atoms with Gasteiger partial charge in [0, 0.05) is 6.54 Å². The Morgan fingerprint density at radius 2 is 2.11 bits per heavy atom. The van der Waals surface area contributed by atoms with E-state index in [1.807, 2.05) is 30.3 Å². The molecule has 0 aromatic heterocycles. The zero-order valence-corrected chi connectivity index (χ0v) is 9.95. The van der Waals surface area contributed by atoms with Gasteiger partial charge in [-0.05, 0) is 5.56 Å². The third kappa shape index (κ3) is 6.03. The van der Waals surface area contributed by atoms with E-state index in [2.05, 4.69) is 5.32 Å². The Morgan fingerprint density at radius 1 is 1.39 bits per heavy atom. The lowest BCUT2D eigenvalue weighted by Crippen LogP contribution is -2.24. The van der Waals surface area contributed by atoms with Gasteiger partial charge in [-0.25, -0.2) is 4.79 Å². The first-order chi connectivity index (χ1) is 8.72. The number of carbonyl (C=O) groups excluding carboxylic acids is 1. The van der Waals surface area contributed by atoms with Gasteiger partial charge >= 0.3 is 6.09 Å². The quantitative estimate of drug-likeness (QED) is 0.654. The van der Waals surface area contributed by atoms with E-state index in [1.165, 1.54) is 6.08 Å². The Kier molecular flexibility index (Phi) is 6.53. The number of carbonyl (C=O) groups is 1. The molecule has 1 atom stereocenters. The first-order valence-electron chi connectivity index (χ1n) is 5.62. The maximum Gasteiger partial charge on any atom is 0.407 e. The molecule has 0 radical (unpaired) electrons. The monoisotopic (exact) mass is 251 g/mol. The van der Waals surface area contributed by atoms with Crippen molar-refractivity contribution in [2.24, 2.45) is 0 Å². The lowest BCUT2D eigenvalue weighted by molar-refractivity contribution is 0.130. The fourth-order valence-corrected chi connectivity index (χ4v) is 1.20. The second kappa shape index (κ2) is 8.27. The van der Waals surface area contributed by atoms with E-state index in [-0.39, 0.29) is 19.8 Å². The molecule has 5 nitrogen and oxygen atoms in total. The van der Waals surface area contributed by atoms with Crippen LogP contribution >= 0.6 is 0 Å². The van der Waals surface area contributed by atoms with Gasteiger partial charge in [0.05, 0.1) is 12.7 Å². The van der Waals surface area contributed by atoms with E-state index in [0.29, 0.717) is 0 Å². The van der Waals surface area contributed by atoms with E-state index in [9.17, 15) is 4.79 Å². The van der Waals surface area contributed by atoms with Crippen LogP contribution in [0.5, 0.6) is 0 Å². The summed E-state index contributed by atoms with van der Waals surface area (Å²) in [6.45, 7) is 0.120. The first kappa shape index (κ1) is 14.2. The highest BCUT2D eigenvalue weighted by Gasteiger charge is 2.00. The molecule has 0 aliphatic heterocycles. The van der Waals surface area contributed by atoms with Crippen molar-refractivity contribution in [3.8, 4) is 0 Å². The van der Waals surface area contributed by atoms with Gasteiger partial charge in [-0.3, -0.25) is 0 Å². The van der Waals surface area contributed by atoms with Crippen molar-refractivity contribution in [2.45, 2.75) is 12.7 Å². The predicted octanol–water partition coefficient (Wildman–Crippen LogP) is 0.822. The maximum atomic E-state index is 11.3. The van der Waals surface area contributed by atoms with Crippen LogP contribution in [0.2, 0.25) is 0 Å². The van der Waals surface area contributed by atoms with E-state index in [1.54, 1.807) is 6.08 Å². The van der Waals surface area contributed by atoms with Gasteiger partial charge in [-0.1, -0.05) is 42.5 Å². The number of amides is 1. The van der Waals surface area contributed by atoms with Crippen LogP contribution in [0.25, 0.3) is 0 Å². The van der Waals surface area contributed by atoms with Crippen molar-refractivity contribution >= 4 is 6.09 Å². The van der Waals surface area contributed by atoms with Crippen LogP contribution in [-0.2, 0) is 11.3 Å². The van der Waals surface area contributed by atoms with Crippen LogP contribution in [-0.4, -0.2) is 35.6 Å². The van der Waals surface area contributed by atoms with Crippen molar-refractivity contribution < 1.29 is 19.7 Å². The molecule has 0 saturated carbocycles. The Bertz CT molecular complexity index is 378. The molecule has 0 spiro atoms. The fraction of sp³-hybridized carbons (Fsp3) is 0.308. The van der Waals surface area contributed by atoms with Gasteiger partial charge in [0.2, 0.25) is 0 Å². The zero-order valence-electron chi connectivity index (χ0n) is 9.95. The number of nitrogens with one attached hydrogen (secondary N) is 1. The third-order valence-electron chi connectivity index (χ3n) is 2.12. The van der Waals surface area contributed by atoms with Crippen LogP contribution in [0, 0.1) is 0 Å². The summed E-state index contributed by atoms with van der Waals surface area (Å²) in [7, 11) is 0. The minimum atomic E-state index is -0.896. The van der Waals surface area contributed by atoms with Crippen molar-refractivity contribution in [1.82, 2.24) is 5.32 Å². The maximum absolute atomic E-state index is 11.3. The summed E-state index contributed by atoms with van der Waals surface area (Å²) < 4.78 is 4.97.